The summed E-state index contributed by atoms with van der Waals surface area (Å²) < 4.78 is 16.8. The third kappa shape index (κ3) is 13.1. The molecule has 0 spiro atoms. The number of hydrogen-bond donors (Lipinski definition) is 0. The van der Waals surface area contributed by atoms with Gasteiger partial charge < -0.3 is 57.4 Å². The topological polar surface area (TPSA) is 94.5 Å². The predicted octanol–water partition coefficient (Wildman–Crippen LogP) is 4.86. The minimum absolute atomic E-state index is 0. The largest absolute Gasteiger partial charge is 1.00 e. The van der Waals surface area contributed by atoms with Crippen molar-refractivity contribution in [3.05, 3.63) is 187 Å². The van der Waals surface area contributed by atoms with Crippen LogP contribution >= 0.6 is 46.2 Å². The van der Waals surface area contributed by atoms with E-state index in [1.165, 1.54) is 22.7 Å². The summed E-state index contributed by atoms with van der Waals surface area (Å²) in [6.07, 6.45) is 8.07. The number of halogens is 2. The molecule has 0 amide bonds. The van der Waals surface area contributed by atoms with Gasteiger partial charge in [-0.1, -0.05) is 84.9 Å². The highest BCUT2D eigenvalue weighted by Gasteiger charge is 2.34. The lowest BCUT2D eigenvalue weighted by atomic mass is 10.0. The van der Waals surface area contributed by atoms with Crippen LogP contribution in [0.15, 0.2) is 130 Å². The molecule has 0 bridgehead atoms. The average molecular weight is 1180 g/mol. The number of aryl methyl sites for hydroxylation is 4. The first-order valence-corrected chi connectivity index (χ1v) is 24.7. The van der Waals surface area contributed by atoms with E-state index in [0.29, 0.717) is 43.5 Å². The number of carbonyl (C=O) groups excluding carboxylic acids is 4. The van der Waals surface area contributed by atoms with Crippen LogP contribution in [0.2, 0.25) is 0 Å². The molecule has 0 saturated heterocycles. The zero-order valence-corrected chi connectivity index (χ0v) is 45.1. The van der Waals surface area contributed by atoms with E-state index in [1.54, 1.807) is 61.6 Å². The number of pyridine rings is 2. The van der Waals surface area contributed by atoms with E-state index in [4.69, 9.17) is 9.47 Å². The van der Waals surface area contributed by atoms with E-state index in [9.17, 15) is 19.2 Å². The molecule has 4 heterocycles. The van der Waals surface area contributed by atoms with Gasteiger partial charge in [0.05, 0.1) is 46.9 Å². The summed E-state index contributed by atoms with van der Waals surface area (Å²) in [5.74, 6) is 0.185. The van der Waals surface area contributed by atoms with E-state index in [-0.39, 0.29) is 97.5 Å². The molecule has 66 heavy (non-hydrogen) atoms. The molecule has 0 saturated carbocycles. The fourth-order valence-corrected chi connectivity index (χ4v) is 12.7. The van der Waals surface area contributed by atoms with Crippen molar-refractivity contribution in [1.29, 1.82) is 0 Å². The number of esters is 2. The van der Waals surface area contributed by atoms with Gasteiger partial charge in [-0.05, 0) is 64.8 Å². The number of benzene rings is 3. The summed E-state index contributed by atoms with van der Waals surface area (Å²) in [7, 11) is 0. The number of hydrogen-bond acceptors (Lipinski definition) is 10. The number of thiophene rings is 2. The third-order valence-corrected chi connectivity index (χ3v) is 15.3. The Labute approximate surface area is 437 Å². The maximum atomic E-state index is 14.2. The zero-order valence-electron chi connectivity index (χ0n) is 37.5. The fourth-order valence-electron chi connectivity index (χ4n) is 7.62. The molecule has 3 aromatic carbocycles. The van der Waals surface area contributed by atoms with Crippen LogP contribution in [-0.4, -0.2) is 36.7 Å². The zero-order chi connectivity index (χ0) is 45.3. The molecule has 14 heteroatoms. The minimum atomic E-state index is -0.384. The molecule has 342 valence electrons. The van der Waals surface area contributed by atoms with Crippen molar-refractivity contribution >= 4 is 69.7 Å². The van der Waals surface area contributed by atoms with Crippen molar-refractivity contribution in [1.82, 2.24) is 0 Å². The van der Waals surface area contributed by atoms with Crippen LogP contribution in [0.4, 0.5) is 0 Å². The Balaban J connectivity index is 0.00000408. The number of ether oxygens (including phenoxy) is 2. The van der Waals surface area contributed by atoms with Crippen molar-refractivity contribution in [2.24, 2.45) is 0 Å². The van der Waals surface area contributed by atoms with Crippen LogP contribution in [-0.2, 0) is 43.4 Å². The Morgan fingerprint density at radius 2 is 0.879 bits per heavy atom. The van der Waals surface area contributed by atoms with Crippen LogP contribution in [0.1, 0.15) is 88.8 Å². The minimum Gasteiger partial charge on any atom is -1.00 e. The lowest BCUT2D eigenvalue weighted by Gasteiger charge is -2.08. The highest BCUT2D eigenvalue weighted by atomic mass is 127. The Kier molecular flexibility index (Phi) is 19.8. The maximum absolute atomic E-state index is 14.2. The second-order valence-corrected chi connectivity index (χ2v) is 20.0. The predicted molar refractivity (Wildman–Crippen MR) is 257 cm³/mol. The van der Waals surface area contributed by atoms with Crippen LogP contribution in [0.5, 0.6) is 0 Å². The van der Waals surface area contributed by atoms with Gasteiger partial charge in [-0.2, -0.15) is 9.13 Å². The number of aromatic nitrogens is 2. The molecule has 0 aliphatic carbocycles. The first-order chi connectivity index (χ1) is 30.9. The molecule has 0 N–H and O–H groups in total. The summed E-state index contributed by atoms with van der Waals surface area (Å²) in [6.45, 7) is 12.2. The molecule has 7 aromatic rings. The standard InChI is InChI=1S/C52H50N2O6S4.2HI/c1-7-59-43(55)25-41-45(53-27-33(3)22-34(4)28-53)51(63-49(41)47(57)39-18-11-9-12-19-39)61-31-37-16-15-17-38(24-37)32-62-52-46(54-29-35(5)23-36(6)30-54)42(26-44(56)60-8-2)50(64-52)48(58)40-20-13-10-14-21-40;;/h9-24,27-30H,7-8,25-26,31-32H2,1-6H3;2*1H/q+2;;/p-2. The molecular formula is C52H50I2N2O6S4. The van der Waals surface area contributed by atoms with Gasteiger partial charge in [0.25, 0.3) is 0 Å². The van der Waals surface area contributed by atoms with Crippen molar-refractivity contribution in [2.75, 3.05) is 13.2 Å². The molecule has 8 nitrogen and oxygen atoms in total. The van der Waals surface area contributed by atoms with Gasteiger partial charge in [0.2, 0.25) is 22.9 Å². The highest BCUT2D eigenvalue weighted by Crippen LogP contribution is 2.42. The van der Waals surface area contributed by atoms with Crippen LogP contribution in [0.3, 0.4) is 0 Å². The molecule has 0 unspecified atom stereocenters. The summed E-state index contributed by atoms with van der Waals surface area (Å²) in [4.78, 5) is 55.8. The van der Waals surface area contributed by atoms with E-state index in [0.717, 1.165) is 53.2 Å². The smallest absolute Gasteiger partial charge is 0.310 e. The monoisotopic (exact) mass is 1180 g/mol. The Hall–Kier alpha value is -4.20. The highest BCUT2D eigenvalue weighted by molar-refractivity contribution is 8.00. The van der Waals surface area contributed by atoms with Crippen molar-refractivity contribution in [2.45, 2.75) is 74.3 Å². The number of ketones is 2. The van der Waals surface area contributed by atoms with Crippen molar-refractivity contribution in [3.8, 4) is 11.4 Å². The lowest BCUT2D eigenvalue weighted by molar-refractivity contribution is -0.599. The third-order valence-electron chi connectivity index (χ3n) is 10.2. The number of rotatable bonds is 18. The molecule has 0 atom stereocenters. The fraction of sp³-hybridized carbons (Fsp3) is 0.231. The van der Waals surface area contributed by atoms with Gasteiger partial charge in [0.1, 0.15) is 8.42 Å². The summed E-state index contributed by atoms with van der Waals surface area (Å²) in [5, 5.41) is 0. The van der Waals surface area contributed by atoms with E-state index in [1.807, 2.05) is 98.0 Å². The normalized spacial score (nSPS) is 10.8. The number of carbonyl (C=O) groups is 4. The first-order valence-electron chi connectivity index (χ1n) is 21.1. The van der Waals surface area contributed by atoms with Gasteiger partial charge in [0, 0.05) is 44.9 Å². The van der Waals surface area contributed by atoms with Gasteiger partial charge in [0.15, 0.2) is 24.8 Å². The molecule has 4 aromatic heterocycles. The van der Waals surface area contributed by atoms with E-state index >= 15 is 0 Å². The van der Waals surface area contributed by atoms with E-state index in [2.05, 4.69) is 36.4 Å². The Morgan fingerprint density at radius 3 is 1.23 bits per heavy atom. The molecule has 7 rings (SSSR count). The van der Waals surface area contributed by atoms with Crippen LogP contribution < -0.4 is 57.1 Å². The Bertz CT molecular complexity index is 2620. The SMILES string of the molecule is CCOC(=O)Cc1c(C(=O)c2ccccc2)sc(SCc2cccc(CSc3sc(C(=O)c4ccccc4)c(CC(=O)OCC)c3-[n+]3cc(C)cc(C)c3)c2)c1-[n+]1cc(C)cc(C)c1.[I-].[I-]. The van der Waals surface area contributed by atoms with Crippen molar-refractivity contribution < 1.29 is 85.7 Å². The number of nitrogens with zero attached hydrogens (tertiary/aromatic N) is 2. The number of thioether (sulfide) groups is 2. The van der Waals surface area contributed by atoms with Gasteiger partial charge in [-0.25, -0.2) is 0 Å². The van der Waals surface area contributed by atoms with Gasteiger partial charge in [-0.15, -0.1) is 46.2 Å². The molecule has 0 aliphatic heterocycles. The first kappa shape index (κ1) is 52.8. The quantitative estimate of drug-likeness (QED) is 0.0396. The van der Waals surface area contributed by atoms with Gasteiger partial charge >= 0.3 is 11.9 Å². The lowest BCUT2D eigenvalue weighted by Crippen LogP contribution is -3.00. The summed E-state index contributed by atoms with van der Waals surface area (Å²) >= 11 is 6.12. The van der Waals surface area contributed by atoms with Crippen LogP contribution in [0.25, 0.3) is 11.4 Å². The van der Waals surface area contributed by atoms with Crippen LogP contribution in [0, 0.1) is 27.7 Å². The molecule has 0 radical (unpaired) electrons. The Morgan fingerprint density at radius 1 is 0.515 bits per heavy atom. The average Bonchev–Trinajstić information content (AvgIpc) is 3.82. The second kappa shape index (κ2) is 24.7. The van der Waals surface area contributed by atoms with Gasteiger partial charge in [-0.3, -0.25) is 19.2 Å². The molecule has 0 fully saturated rings. The molecular weight excluding hydrogens is 1130 g/mol. The van der Waals surface area contributed by atoms with E-state index < -0.39 is 0 Å². The van der Waals surface area contributed by atoms with Crippen molar-refractivity contribution in [3.63, 3.8) is 0 Å². The summed E-state index contributed by atoms with van der Waals surface area (Å²) in [5.41, 5.74) is 10.5. The maximum Gasteiger partial charge on any atom is 0.310 e. The summed E-state index contributed by atoms with van der Waals surface area (Å²) in [6, 6.07) is 31.0. The second-order valence-electron chi connectivity index (χ2n) is 15.4. The molecule has 0 aliphatic rings.